The minimum Gasteiger partial charge on any atom is -0.407 e. The van der Waals surface area contributed by atoms with Crippen LogP contribution in [0.4, 0.5) is 17.6 Å². The fourth-order valence-electron chi connectivity index (χ4n) is 14.4. The Hall–Kier alpha value is -6.58. The molecular formula is C89H148N19O16P3Si3. The number of rotatable bonds is 40. The maximum absolute atomic E-state index is 13.2. The summed E-state index contributed by atoms with van der Waals surface area (Å²) in [6.45, 7) is 70.0. The number of ether oxygens (including phenoxy) is 3. The van der Waals surface area contributed by atoms with Gasteiger partial charge in [0, 0.05) is 60.6 Å². The molecule has 130 heavy (non-hydrogen) atoms. The summed E-state index contributed by atoms with van der Waals surface area (Å²) in [5, 5.41) is 32.7. The van der Waals surface area contributed by atoms with Crippen molar-refractivity contribution in [3.05, 3.63) is 88.0 Å². The molecule has 0 radical (unpaired) electrons. The molecule has 5 aromatic heterocycles. The fraction of sp³-hybridized carbons (Fsp3) is 0.708. The SMILES string of the molecule is CC[C@H]1O[C@@H](n2ccc(NC(C)=O)nc2=O)C(O[Si](C)(C)C(C)(C)C)[C@H]1OP(OCCC#N)N(C(C)C)C(C)C.CC[C@H]1O[C@@H](n2cnc3c(=O)[nH]c(N=C(C)C)nc32)C(O[Si](C)(C)C(C)(C)C)[C@H]1OP(OCCC#N)N(C(C)C)C(C)C.CC[C@H]1O[C@@H](n2cnc3c(NC(=O)c4ccccc4)ncnc32)C(O[Si](C)(C)C(C)(C)C)[C@H]1OP(OCCC#N)N(C(C)C)C(C)C. The maximum atomic E-state index is 13.2. The lowest BCUT2D eigenvalue weighted by Crippen LogP contribution is -2.50. The van der Waals surface area contributed by atoms with Crippen molar-refractivity contribution in [1.29, 1.82) is 15.8 Å². The van der Waals surface area contributed by atoms with Gasteiger partial charge in [-0.15, -0.1) is 0 Å². The number of anilines is 2. The van der Waals surface area contributed by atoms with E-state index < -0.39 is 112 Å². The lowest BCUT2D eigenvalue weighted by atomic mass is 10.1. The number of hydrogen-bond donors (Lipinski definition) is 3. The number of imidazole rings is 2. The zero-order valence-electron chi connectivity index (χ0n) is 83.1. The van der Waals surface area contributed by atoms with Gasteiger partial charge in [0.1, 0.15) is 48.8 Å². The third kappa shape index (κ3) is 28.3. The van der Waals surface area contributed by atoms with Crippen LogP contribution >= 0.6 is 25.6 Å². The molecule has 41 heteroatoms. The first kappa shape index (κ1) is 110. The average molecular weight is 1920 g/mol. The third-order valence-corrected chi connectivity index (χ3v) is 43.5. The van der Waals surface area contributed by atoms with E-state index >= 15 is 0 Å². The minimum atomic E-state index is -2.37. The molecule has 1 aromatic carbocycles. The first-order valence-corrected chi connectivity index (χ1v) is 57.5. The standard InChI is InChI=1S/C33H50N7O5PSi.C29H50N7O5PSi.C27H48N5O6PSi/c1-11-25-27(44-46(42-19-15-18-34)40(22(2)3)23(4)5)28(45-47(9,10)33(6,7)8)32(43-25)39-21-37-26-29(35-20-36-30(26)39)38-31(41)24-16-13-12-14-17-24;1-13-21-23(40-42(38-16-14-15-30)36(19(4)5)20(6)7)24(41-43(11,12)29(8,9)10)27(39-21)35-17-31-22-25(35)33-28(32-18(2)3)34-26(22)37;1-12-21-23(37-39(35-17-13-15-28)32(18(2)3)19(4)5)24(38-40(10,11)27(7,8)9)25(36-21)31-16-14-22(29-20(6)33)30-26(31)34/h12-14,16-17,20-23,25,27-28,32H,11,15,19H2,1-10H3,(H,35,36,38,41);17,19-21,23-24,27H,13-14,16H2,1-12H3,(H,33,34,37);14,16,18-19,21,23-25H,12-13,17H2,1-11H3,(H,29,30,33,34)/t25-,27+,28?,32-,46?;21-,23+,24?,27-,42?;21-,23+,24?,25-,39?/m111/s1. The number of carbonyl (C=O) groups is 2. The predicted octanol–water partition coefficient (Wildman–Crippen LogP) is 19.6. The van der Waals surface area contributed by atoms with E-state index in [1.54, 1.807) is 41.6 Å². The van der Waals surface area contributed by atoms with Crippen molar-refractivity contribution in [2.24, 2.45) is 4.99 Å². The number of aromatic nitrogens is 10. The molecule has 8 heterocycles. The van der Waals surface area contributed by atoms with E-state index in [9.17, 15) is 29.7 Å². The Morgan fingerprint density at radius 1 is 0.515 bits per heavy atom. The molecule has 3 aliphatic rings. The van der Waals surface area contributed by atoms with Crippen LogP contribution in [0.3, 0.4) is 0 Å². The highest BCUT2D eigenvalue weighted by atomic mass is 31.2. The number of carbonyl (C=O) groups excluding carboxylic acids is 2. The predicted molar refractivity (Wildman–Crippen MR) is 518 cm³/mol. The summed E-state index contributed by atoms with van der Waals surface area (Å²) < 4.78 is 92.5. The first-order valence-electron chi connectivity index (χ1n) is 45.4. The van der Waals surface area contributed by atoms with E-state index in [1.165, 1.54) is 17.8 Å². The van der Waals surface area contributed by atoms with Crippen molar-refractivity contribution in [1.82, 2.24) is 62.6 Å². The van der Waals surface area contributed by atoms with E-state index in [1.807, 2.05) is 43.5 Å². The second kappa shape index (κ2) is 48.2. The highest BCUT2D eigenvalue weighted by Gasteiger charge is 2.57. The molecule has 2 amide bonds. The summed E-state index contributed by atoms with van der Waals surface area (Å²) in [6.07, 6.45) is 2.64. The Kier molecular flexibility index (Phi) is 41.0. The molecule has 722 valence electrons. The van der Waals surface area contributed by atoms with Gasteiger partial charge in [-0.3, -0.25) is 33.1 Å². The normalized spacial score (nSPS) is 21.9. The molecule has 3 N–H and O–H groups in total. The van der Waals surface area contributed by atoms with Crippen LogP contribution < -0.4 is 21.9 Å². The molecule has 0 spiro atoms. The largest absolute Gasteiger partial charge is 0.407 e. The lowest BCUT2D eigenvalue weighted by Gasteiger charge is -2.42. The van der Waals surface area contributed by atoms with Gasteiger partial charge in [0.2, 0.25) is 11.9 Å². The highest BCUT2D eigenvalue weighted by molar-refractivity contribution is 7.45. The van der Waals surface area contributed by atoms with Crippen LogP contribution in [-0.2, 0) is 59.4 Å². The van der Waals surface area contributed by atoms with Crippen LogP contribution in [0.2, 0.25) is 54.4 Å². The Morgan fingerprint density at radius 2 is 0.885 bits per heavy atom. The van der Waals surface area contributed by atoms with Crippen molar-refractivity contribution in [3.8, 4) is 18.2 Å². The molecule has 9 rings (SSSR count). The van der Waals surface area contributed by atoms with E-state index in [2.05, 4.69) is 281 Å². The number of nitrogens with zero attached hydrogens (tertiary/aromatic N) is 16. The monoisotopic (exact) mass is 1920 g/mol. The molecule has 3 aliphatic heterocycles. The van der Waals surface area contributed by atoms with Crippen LogP contribution in [0, 0.1) is 34.0 Å². The highest BCUT2D eigenvalue weighted by Crippen LogP contribution is 2.57. The van der Waals surface area contributed by atoms with E-state index in [-0.39, 0.29) is 143 Å². The molecule has 3 fully saturated rings. The number of H-pyrrole nitrogens is 1. The topological polar surface area (TPSA) is 404 Å². The molecule has 15 atom stereocenters. The van der Waals surface area contributed by atoms with Crippen LogP contribution in [0.25, 0.3) is 22.3 Å². The summed E-state index contributed by atoms with van der Waals surface area (Å²) in [4.78, 5) is 84.4. The number of nitriles is 3. The van der Waals surface area contributed by atoms with Gasteiger partial charge in [0.15, 0.2) is 71.8 Å². The van der Waals surface area contributed by atoms with Crippen molar-refractivity contribution in [3.63, 3.8) is 0 Å². The number of hydrogen-bond acceptors (Lipinski definition) is 29. The quantitative estimate of drug-likeness (QED) is 0.0139. The van der Waals surface area contributed by atoms with Crippen LogP contribution in [-0.4, -0.2) is 216 Å². The van der Waals surface area contributed by atoms with Gasteiger partial charge < -0.3 is 65.3 Å². The summed E-state index contributed by atoms with van der Waals surface area (Å²) in [5.41, 5.74) is 1.85. The van der Waals surface area contributed by atoms with Crippen LogP contribution in [0.15, 0.2) is 76.2 Å². The Morgan fingerprint density at radius 3 is 1.22 bits per heavy atom. The van der Waals surface area contributed by atoms with Gasteiger partial charge in [0.25, 0.3) is 37.0 Å². The molecule has 35 nitrogen and oxygen atoms in total. The average Bonchev–Trinajstić information content (AvgIpc) is 1.60. The molecule has 0 saturated carbocycles. The maximum Gasteiger partial charge on any atom is 0.351 e. The van der Waals surface area contributed by atoms with Crippen molar-refractivity contribution < 1.29 is 64.2 Å². The second-order valence-electron chi connectivity index (χ2n) is 39.1. The Bertz CT molecular complexity index is 4900. The number of fused-ring (bicyclic) bond motifs is 2. The molecule has 3 saturated heterocycles. The summed E-state index contributed by atoms with van der Waals surface area (Å²) in [7, 11) is -11.8. The van der Waals surface area contributed by atoms with Gasteiger partial charge in [-0.1, -0.05) is 101 Å². The Labute approximate surface area is 777 Å². The van der Waals surface area contributed by atoms with E-state index in [0.29, 0.717) is 47.5 Å². The molecule has 0 aliphatic carbocycles. The summed E-state index contributed by atoms with van der Waals surface area (Å²) in [5.74, 6) is 0.0806. The van der Waals surface area contributed by atoms with Crippen molar-refractivity contribution in [2.45, 2.75) is 390 Å². The van der Waals surface area contributed by atoms with Crippen LogP contribution in [0.5, 0.6) is 0 Å². The van der Waals surface area contributed by atoms with Crippen molar-refractivity contribution >= 4 is 108 Å². The number of nitrogens with one attached hydrogen (secondary N) is 3. The van der Waals surface area contributed by atoms with Gasteiger partial charge >= 0.3 is 5.69 Å². The zero-order chi connectivity index (χ0) is 97.2. The zero-order valence-corrected chi connectivity index (χ0v) is 88.7. The molecular weight excluding hydrogens is 1770 g/mol. The number of amides is 2. The third-order valence-electron chi connectivity index (χ3n) is 23.7. The summed E-state index contributed by atoms with van der Waals surface area (Å²) >= 11 is 0. The Balaban J connectivity index is 0.000000268. The number of benzene rings is 1. The van der Waals surface area contributed by atoms with Gasteiger partial charge in [-0.25, -0.2) is 43.7 Å². The van der Waals surface area contributed by atoms with E-state index in [4.69, 9.17) is 59.9 Å². The smallest absolute Gasteiger partial charge is 0.351 e. The van der Waals surface area contributed by atoms with Gasteiger partial charge in [0.05, 0.1) is 88.3 Å². The summed E-state index contributed by atoms with van der Waals surface area (Å²) in [6, 6.07) is 17.8. The first-order chi connectivity index (χ1) is 60.7. The lowest BCUT2D eigenvalue weighted by molar-refractivity contribution is -0.114. The minimum absolute atomic E-state index is 0.0869. The van der Waals surface area contributed by atoms with Gasteiger partial charge in [-0.05, 0) is 189 Å². The number of aromatic amines is 1. The van der Waals surface area contributed by atoms with E-state index in [0.717, 1.165) is 5.71 Å². The second-order valence-corrected chi connectivity index (χ2v) is 57.6. The molecule has 0 bridgehead atoms. The number of aliphatic imine (C=N–C) groups is 1. The van der Waals surface area contributed by atoms with Crippen molar-refractivity contribution in [2.75, 3.05) is 30.5 Å². The molecule has 6 unspecified atom stereocenters. The van der Waals surface area contributed by atoms with Gasteiger partial charge in [-0.2, -0.15) is 25.8 Å². The fourth-order valence-corrected chi connectivity index (χ4v) is 23.6. The molecule has 6 aromatic rings. The van der Waals surface area contributed by atoms with Crippen LogP contribution in [0.1, 0.15) is 255 Å².